The summed E-state index contributed by atoms with van der Waals surface area (Å²) in [6.45, 7) is 2.27. The van der Waals surface area contributed by atoms with Crippen LogP contribution in [0.5, 0.6) is 0 Å². The predicted molar refractivity (Wildman–Crippen MR) is 195 cm³/mol. The Hall–Kier alpha value is -5.25. The average molecular weight is 597 g/mol. The monoisotopic (exact) mass is 596 g/mol. The molecule has 1 aliphatic heterocycles. The van der Waals surface area contributed by atoms with Gasteiger partial charge < -0.3 is 10.3 Å². The van der Waals surface area contributed by atoms with Gasteiger partial charge >= 0.3 is 0 Å². The van der Waals surface area contributed by atoms with Crippen LogP contribution in [0.3, 0.4) is 0 Å². The van der Waals surface area contributed by atoms with Gasteiger partial charge in [-0.15, -0.1) is 0 Å². The minimum atomic E-state index is -2.62. The van der Waals surface area contributed by atoms with Gasteiger partial charge in [-0.2, -0.15) is 0 Å². The summed E-state index contributed by atoms with van der Waals surface area (Å²) in [4.78, 5) is 2.44. The maximum absolute atomic E-state index is 7.60. The summed E-state index contributed by atoms with van der Waals surface area (Å²) in [7, 11) is -2.62. The lowest BCUT2D eigenvalue weighted by Gasteiger charge is -2.34. The van der Waals surface area contributed by atoms with Crippen LogP contribution in [0, 0.1) is 5.41 Å². The zero-order valence-electron chi connectivity index (χ0n) is 25.5. The van der Waals surface area contributed by atoms with Gasteiger partial charge in [0.15, 0.2) is 8.07 Å². The van der Waals surface area contributed by atoms with E-state index in [1.807, 2.05) is 0 Å². The van der Waals surface area contributed by atoms with Gasteiger partial charge in [0, 0.05) is 23.4 Å². The number of anilines is 2. The van der Waals surface area contributed by atoms with E-state index in [0.29, 0.717) is 6.42 Å². The first-order valence-electron chi connectivity index (χ1n) is 15.7. The fraction of sp³-hybridized carbons (Fsp3) is 0.0714. The van der Waals surface area contributed by atoms with Crippen molar-refractivity contribution in [2.24, 2.45) is 0 Å². The molecule has 0 aliphatic carbocycles. The molecule has 218 valence electrons. The number of allylic oxidation sites excluding steroid dienone is 1. The third-order valence-corrected chi connectivity index (χ3v) is 13.9. The number of nitrogens with one attached hydrogen (secondary N) is 1. The van der Waals surface area contributed by atoms with Gasteiger partial charge in [-0.3, -0.25) is 0 Å². The van der Waals surface area contributed by atoms with Gasteiger partial charge in [-0.05, 0) is 68.8 Å². The third kappa shape index (κ3) is 5.05. The van der Waals surface area contributed by atoms with Crippen molar-refractivity contribution in [2.75, 3.05) is 4.90 Å². The second-order valence-electron chi connectivity index (χ2n) is 11.6. The van der Waals surface area contributed by atoms with Gasteiger partial charge in [0.25, 0.3) is 0 Å². The topological polar surface area (TPSA) is 27.1 Å². The molecular formula is C42H36N2Si. The highest BCUT2D eigenvalue weighted by molar-refractivity contribution is 7.19. The van der Waals surface area contributed by atoms with Crippen LogP contribution in [0.4, 0.5) is 11.4 Å². The minimum Gasteiger partial charge on any atom is -0.334 e. The van der Waals surface area contributed by atoms with Crippen LogP contribution in [-0.2, 0) is 0 Å². The molecule has 1 unspecified atom stereocenters. The molecule has 0 radical (unpaired) electrons. The number of nitrogens with zero attached hydrogens (tertiary/aromatic N) is 1. The average Bonchev–Trinajstić information content (AvgIpc) is 3.40. The van der Waals surface area contributed by atoms with Crippen molar-refractivity contribution in [1.82, 2.24) is 0 Å². The highest BCUT2D eigenvalue weighted by Gasteiger charge is 2.41. The summed E-state index contributed by atoms with van der Waals surface area (Å²) >= 11 is 0. The van der Waals surface area contributed by atoms with E-state index in [2.05, 4.69) is 182 Å². The highest BCUT2D eigenvalue weighted by atomic mass is 28.3. The number of hydrogen-bond acceptors (Lipinski definition) is 2. The molecule has 1 atom stereocenters. The Morgan fingerprint density at radius 2 is 1.09 bits per heavy atom. The van der Waals surface area contributed by atoms with E-state index in [1.54, 1.807) is 0 Å². The van der Waals surface area contributed by atoms with E-state index in [1.165, 1.54) is 60.6 Å². The molecule has 0 amide bonds. The Kier molecular flexibility index (Phi) is 7.85. The van der Waals surface area contributed by atoms with Crippen LogP contribution in [0.25, 0.3) is 16.7 Å². The fourth-order valence-corrected chi connectivity index (χ4v) is 12.0. The van der Waals surface area contributed by atoms with Crippen LogP contribution >= 0.6 is 0 Å². The molecule has 1 N–H and O–H groups in total. The second-order valence-corrected chi connectivity index (χ2v) is 15.5. The summed E-state index contributed by atoms with van der Waals surface area (Å²) in [5.74, 6) is 0. The molecule has 3 heteroatoms. The third-order valence-electron chi connectivity index (χ3n) is 9.14. The highest BCUT2D eigenvalue weighted by Crippen LogP contribution is 2.45. The summed E-state index contributed by atoms with van der Waals surface area (Å²) in [5.41, 5.74) is 7.35. The molecule has 0 saturated heterocycles. The second kappa shape index (κ2) is 12.4. The molecule has 0 saturated carbocycles. The maximum Gasteiger partial charge on any atom is 0.179 e. The quantitative estimate of drug-likeness (QED) is 0.109. The van der Waals surface area contributed by atoms with Crippen molar-refractivity contribution in [3.05, 3.63) is 175 Å². The Labute approximate surface area is 267 Å². The first-order chi connectivity index (χ1) is 22.2. The molecule has 0 fully saturated rings. The van der Waals surface area contributed by atoms with Crippen molar-refractivity contribution in [1.29, 1.82) is 5.41 Å². The van der Waals surface area contributed by atoms with Crippen molar-refractivity contribution >= 4 is 52.0 Å². The van der Waals surface area contributed by atoms with Crippen LogP contribution in [0.15, 0.2) is 170 Å². The molecule has 0 aromatic heterocycles. The summed E-state index contributed by atoms with van der Waals surface area (Å²) in [5, 5.41) is 13.1. The van der Waals surface area contributed by atoms with Crippen LogP contribution in [0.1, 0.15) is 18.9 Å². The van der Waals surface area contributed by atoms with Crippen molar-refractivity contribution < 1.29 is 0 Å². The van der Waals surface area contributed by atoms with E-state index >= 15 is 0 Å². The Bertz CT molecular complexity index is 1870. The van der Waals surface area contributed by atoms with Crippen molar-refractivity contribution in [3.63, 3.8) is 0 Å². The largest absolute Gasteiger partial charge is 0.334 e. The Morgan fingerprint density at radius 3 is 1.69 bits per heavy atom. The normalized spacial score (nSPS) is 15.2. The van der Waals surface area contributed by atoms with Gasteiger partial charge in [0.1, 0.15) is 0 Å². The Balaban J connectivity index is 1.38. The number of hydrogen-bond donors (Lipinski definition) is 1. The molecule has 0 bridgehead atoms. The molecule has 0 spiro atoms. The SMILES string of the molecule is CC1/C(=C\CC=N)c2ccccc2N1c1cccc(-c2cccc([Si](c3ccccc3)(c3ccccc3)c3ccccc3)c2)c1. The molecule has 6 aromatic rings. The standard InChI is InChI=1S/C42H36N2Si/c1-32-40(27-15-29-43)41-26-11-12-28-42(41)44(32)35-18-13-16-33(30-35)34-17-14-25-39(31-34)45(36-19-5-2-6-20-36,37-21-7-3-8-22-37)38-23-9-4-10-24-38/h2-14,16-32,43H,15H2,1H3/b40-27+,43-29?. The molecule has 1 aliphatic rings. The number of benzene rings is 6. The first-order valence-corrected chi connectivity index (χ1v) is 17.7. The van der Waals surface area contributed by atoms with Gasteiger partial charge in [0.2, 0.25) is 0 Å². The first kappa shape index (κ1) is 28.5. The molecule has 7 rings (SSSR count). The number of para-hydroxylation sites is 1. The molecule has 6 aromatic carbocycles. The number of rotatable bonds is 8. The van der Waals surface area contributed by atoms with Crippen molar-refractivity contribution in [2.45, 2.75) is 19.4 Å². The van der Waals surface area contributed by atoms with Crippen LogP contribution in [-0.4, -0.2) is 20.3 Å². The van der Waals surface area contributed by atoms with E-state index in [9.17, 15) is 0 Å². The van der Waals surface area contributed by atoms with E-state index in [-0.39, 0.29) is 6.04 Å². The van der Waals surface area contributed by atoms with Crippen LogP contribution in [0.2, 0.25) is 0 Å². The molecule has 45 heavy (non-hydrogen) atoms. The zero-order valence-corrected chi connectivity index (χ0v) is 26.5. The summed E-state index contributed by atoms with van der Waals surface area (Å²) < 4.78 is 0. The van der Waals surface area contributed by atoms with Crippen molar-refractivity contribution in [3.8, 4) is 11.1 Å². The van der Waals surface area contributed by atoms with Crippen LogP contribution < -0.4 is 25.6 Å². The van der Waals surface area contributed by atoms with Gasteiger partial charge in [-0.25, -0.2) is 0 Å². The molecular weight excluding hydrogens is 561 g/mol. The molecule has 1 heterocycles. The summed E-state index contributed by atoms with van der Waals surface area (Å²) in [6, 6.07) is 60.4. The maximum atomic E-state index is 7.60. The zero-order chi connectivity index (χ0) is 30.6. The predicted octanol–water partition coefficient (Wildman–Crippen LogP) is 7.69. The fourth-order valence-electron chi connectivity index (χ4n) is 7.16. The smallest absolute Gasteiger partial charge is 0.179 e. The van der Waals surface area contributed by atoms with Gasteiger partial charge in [0.05, 0.1) is 6.04 Å². The molecule has 2 nitrogen and oxygen atoms in total. The van der Waals surface area contributed by atoms with E-state index in [0.717, 1.165) is 0 Å². The number of fused-ring (bicyclic) bond motifs is 1. The lowest BCUT2D eigenvalue weighted by molar-refractivity contribution is 0.915. The van der Waals surface area contributed by atoms with E-state index < -0.39 is 8.07 Å². The lowest BCUT2D eigenvalue weighted by atomic mass is 10.0. The van der Waals surface area contributed by atoms with Gasteiger partial charge in [-0.1, -0.05) is 152 Å². The lowest BCUT2D eigenvalue weighted by Crippen LogP contribution is -2.74. The Morgan fingerprint density at radius 1 is 0.578 bits per heavy atom. The summed E-state index contributed by atoms with van der Waals surface area (Å²) in [6.07, 6.45) is 4.32. The van der Waals surface area contributed by atoms with E-state index in [4.69, 9.17) is 5.41 Å². The minimum absolute atomic E-state index is 0.179.